The van der Waals surface area contributed by atoms with E-state index in [-0.39, 0.29) is 11.9 Å². The number of nitrogens with zero attached hydrogens (tertiary/aromatic N) is 4. The first kappa shape index (κ1) is 16.6. The first-order valence-corrected chi connectivity index (χ1v) is 9.05. The maximum absolute atomic E-state index is 13.0. The normalized spacial score (nSPS) is 17.0. The summed E-state index contributed by atoms with van der Waals surface area (Å²) in [5.74, 6) is 1.73. The molecular weight excluding hydrogens is 326 g/mol. The first-order valence-electron chi connectivity index (χ1n) is 9.05. The summed E-state index contributed by atoms with van der Waals surface area (Å²) in [6, 6.07) is 14.1. The summed E-state index contributed by atoms with van der Waals surface area (Å²) in [5, 5.41) is 4.44. The van der Waals surface area contributed by atoms with Crippen LogP contribution in [0.1, 0.15) is 35.0 Å². The number of hydrogen-bond acceptors (Lipinski definition) is 3. The largest absolute Gasteiger partial charge is 0.351 e. The molecule has 0 bridgehead atoms. The molecule has 1 unspecified atom stereocenters. The van der Waals surface area contributed by atoms with Gasteiger partial charge in [0.2, 0.25) is 0 Å². The van der Waals surface area contributed by atoms with Crippen LogP contribution in [0.5, 0.6) is 0 Å². The molecule has 1 amide bonds. The number of amides is 1. The molecule has 134 valence electrons. The molecule has 1 fully saturated rings. The van der Waals surface area contributed by atoms with E-state index in [4.69, 9.17) is 0 Å². The number of H-pyrrole nitrogens is 1. The second-order valence-electron chi connectivity index (χ2n) is 6.83. The number of benzene rings is 1. The maximum atomic E-state index is 13.0. The van der Waals surface area contributed by atoms with Crippen LogP contribution in [-0.2, 0) is 6.54 Å². The van der Waals surface area contributed by atoms with Gasteiger partial charge in [0, 0.05) is 12.2 Å². The Hall–Kier alpha value is -2.89. The summed E-state index contributed by atoms with van der Waals surface area (Å²) in [6.07, 6.45) is 2.02. The quantitative estimate of drug-likeness (QED) is 0.786. The number of likely N-dealkylation sites (tertiary alicyclic amines) is 1. The Labute approximate surface area is 152 Å². The number of aromatic amines is 1. The lowest BCUT2D eigenvalue weighted by atomic mass is 10.2. The highest BCUT2D eigenvalue weighted by Crippen LogP contribution is 2.24. The maximum Gasteiger partial charge on any atom is 0.270 e. The Morgan fingerprint density at radius 3 is 2.73 bits per heavy atom. The molecule has 0 radical (unpaired) electrons. The van der Waals surface area contributed by atoms with E-state index in [2.05, 4.69) is 15.1 Å². The van der Waals surface area contributed by atoms with E-state index in [0.717, 1.165) is 42.3 Å². The molecule has 6 heteroatoms. The number of rotatable bonds is 4. The topological polar surface area (TPSA) is 66.8 Å². The molecule has 1 aromatic carbocycles. The molecule has 2 aromatic heterocycles. The van der Waals surface area contributed by atoms with Gasteiger partial charge in [0.15, 0.2) is 0 Å². The number of aryl methyl sites for hydroxylation is 2. The third-order valence-electron chi connectivity index (χ3n) is 4.99. The van der Waals surface area contributed by atoms with Crippen molar-refractivity contribution in [2.75, 3.05) is 6.54 Å². The van der Waals surface area contributed by atoms with E-state index in [1.807, 2.05) is 65.9 Å². The molecule has 1 atom stereocenters. The minimum atomic E-state index is 0.0594. The average molecular weight is 349 g/mol. The van der Waals surface area contributed by atoms with Crippen molar-refractivity contribution < 1.29 is 4.79 Å². The Bertz CT molecular complexity index is 911. The first-order chi connectivity index (χ1) is 12.6. The molecule has 1 N–H and O–H groups in total. The summed E-state index contributed by atoms with van der Waals surface area (Å²) in [6.45, 7) is 5.34. The molecular formula is C20H23N5O. The number of nitrogens with one attached hydrogen (secondary N) is 1. The summed E-state index contributed by atoms with van der Waals surface area (Å²) < 4.78 is 1.91. The van der Waals surface area contributed by atoms with Crippen LogP contribution in [0, 0.1) is 13.8 Å². The summed E-state index contributed by atoms with van der Waals surface area (Å²) in [5.41, 5.74) is 2.69. The number of aromatic nitrogens is 4. The lowest BCUT2D eigenvalue weighted by Gasteiger charge is -2.24. The minimum Gasteiger partial charge on any atom is -0.351 e. The van der Waals surface area contributed by atoms with Crippen molar-refractivity contribution >= 4 is 5.91 Å². The van der Waals surface area contributed by atoms with Crippen LogP contribution < -0.4 is 0 Å². The van der Waals surface area contributed by atoms with Crippen molar-refractivity contribution in [1.29, 1.82) is 0 Å². The fourth-order valence-electron chi connectivity index (χ4n) is 3.69. The van der Waals surface area contributed by atoms with E-state index in [1.165, 1.54) is 0 Å². The molecule has 6 nitrogen and oxygen atoms in total. The number of hydrogen-bond donors (Lipinski definition) is 1. The molecule has 0 spiro atoms. The Morgan fingerprint density at radius 1 is 1.19 bits per heavy atom. The SMILES string of the molecule is Cc1nc(C)n(CC2CCCN2C(=O)c2ccc(-c3ccccc3)[nH]2)n1. The lowest BCUT2D eigenvalue weighted by Crippen LogP contribution is -2.38. The number of carbonyl (C=O) groups is 1. The second-order valence-corrected chi connectivity index (χ2v) is 6.83. The van der Waals surface area contributed by atoms with Crippen LogP contribution in [0.2, 0.25) is 0 Å². The molecule has 0 saturated carbocycles. The van der Waals surface area contributed by atoms with Gasteiger partial charge in [-0.2, -0.15) is 5.10 Å². The van der Waals surface area contributed by atoms with Crippen LogP contribution in [-0.4, -0.2) is 43.1 Å². The Balaban J connectivity index is 1.52. The predicted octanol–water partition coefficient (Wildman–Crippen LogP) is 3.19. The highest BCUT2D eigenvalue weighted by molar-refractivity contribution is 5.93. The molecule has 1 aliphatic rings. The van der Waals surface area contributed by atoms with Gasteiger partial charge in [-0.05, 0) is 44.4 Å². The van der Waals surface area contributed by atoms with Gasteiger partial charge in [0.25, 0.3) is 5.91 Å². The zero-order valence-corrected chi connectivity index (χ0v) is 15.1. The highest BCUT2D eigenvalue weighted by atomic mass is 16.2. The van der Waals surface area contributed by atoms with Gasteiger partial charge >= 0.3 is 0 Å². The van der Waals surface area contributed by atoms with E-state index in [9.17, 15) is 4.79 Å². The van der Waals surface area contributed by atoms with Crippen LogP contribution in [0.4, 0.5) is 0 Å². The van der Waals surface area contributed by atoms with Gasteiger partial charge in [-0.15, -0.1) is 0 Å². The van der Waals surface area contributed by atoms with Crippen LogP contribution in [0.3, 0.4) is 0 Å². The van der Waals surface area contributed by atoms with Crippen LogP contribution >= 0.6 is 0 Å². The average Bonchev–Trinajstić information content (AvgIpc) is 3.36. The van der Waals surface area contributed by atoms with Gasteiger partial charge in [-0.1, -0.05) is 30.3 Å². The van der Waals surface area contributed by atoms with E-state index in [0.29, 0.717) is 12.2 Å². The van der Waals surface area contributed by atoms with Crippen molar-refractivity contribution in [1.82, 2.24) is 24.6 Å². The van der Waals surface area contributed by atoms with Crippen molar-refractivity contribution in [3.05, 3.63) is 59.8 Å². The molecule has 1 aliphatic heterocycles. The summed E-state index contributed by atoms with van der Waals surface area (Å²) >= 11 is 0. The summed E-state index contributed by atoms with van der Waals surface area (Å²) in [4.78, 5) is 22.6. The Morgan fingerprint density at radius 2 is 2.00 bits per heavy atom. The van der Waals surface area contributed by atoms with Crippen molar-refractivity contribution in [3.63, 3.8) is 0 Å². The minimum absolute atomic E-state index is 0.0594. The highest BCUT2D eigenvalue weighted by Gasteiger charge is 2.31. The fourth-order valence-corrected chi connectivity index (χ4v) is 3.69. The predicted molar refractivity (Wildman–Crippen MR) is 99.8 cm³/mol. The zero-order chi connectivity index (χ0) is 18.1. The third kappa shape index (κ3) is 3.14. The van der Waals surface area contributed by atoms with E-state index >= 15 is 0 Å². The van der Waals surface area contributed by atoms with Crippen molar-refractivity contribution in [2.45, 2.75) is 39.3 Å². The van der Waals surface area contributed by atoms with Crippen LogP contribution in [0.25, 0.3) is 11.3 Å². The molecule has 3 aromatic rings. The standard InChI is InChI=1S/C20H23N5O/c1-14-21-15(2)25(23-14)13-17-9-6-12-24(17)20(26)19-11-10-18(22-19)16-7-4-3-5-8-16/h3-5,7-8,10-11,17,22H,6,9,12-13H2,1-2H3. The third-order valence-corrected chi connectivity index (χ3v) is 4.99. The molecule has 3 heterocycles. The fraction of sp³-hybridized carbons (Fsp3) is 0.350. The number of carbonyl (C=O) groups excluding carboxylic acids is 1. The summed E-state index contributed by atoms with van der Waals surface area (Å²) in [7, 11) is 0. The Kier molecular flexibility index (Phi) is 4.32. The van der Waals surface area contributed by atoms with E-state index in [1.54, 1.807) is 0 Å². The van der Waals surface area contributed by atoms with Gasteiger partial charge in [0.05, 0.1) is 12.6 Å². The van der Waals surface area contributed by atoms with Gasteiger partial charge < -0.3 is 9.88 Å². The second kappa shape index (κ2) is 6.78. The van der Waals surface area contributed by atoms with Gasteiger partial charge in [-0.25, -0.2) is 9.67 Å². The molecule has 4 rings (SSSR count). The van der Waals surface area contributed by atoms with E-state index < -0.39 is 0 Å². The van der Waals surface area contributed by atoms with Gasteiger partial charge in [0.1, 0.15) is 17.3 Å². The van der Waals surface area contributed by atoms with Gasteiger partial charge in [-0.3, -0.25) is 4.79 Å². The molecule has 1 saturated heterocycles. The lowest BCUT2D eigenvalue weighted by molar-refractivity contribution is 0.0715. The van der Waals surface area contributed by atoms with Crippen LogP contribution in [0.15, 0.2) is 42.5 Å². The molecule has 0 aliphatic carbocycles. The molecule has 26 heavy (non-hydrogen) atoms. The smallest absolute Gasteiger partial charge is 0.270 e. The van der Waals surface area contributed by atoms with Crippen molar-refractivity contribution in [2.24, 2.45) is 0 Å². The van der Waals surface area contributed by atoms with Crippen molar-refractivity contribution in [3.8, 4) is 11.3 Å². The zero-order valence-electron chi connectivity index (χ0n) is 15.1. The monoisotopic (exact) mass is 349 g/mol.